The number of nitriles is 1. The second-order valence-electron chi connectivity index (χ2n) is 17.9. The van der Waals surface area contributed by atoms with Gasteiger partial charge in [0.25, 0.3) is 17.4 Å². The Kier molecular flexibility index (Phi) is 11.0. The Balaban J connectivity index is 0.802. The Hall–Kier alpha value is -5.32. The van der Waals surface area contributed by atoms with Gasteiger partial charge >= 0.3 is 0 Å². The zero-order valence-electron chi connectivity index (χ0n) is 34.0. The molecule has 4 aliphatic rings. The van der Waals surface area contributed by atoms with E-state index < -0.39 is 11.9 Å². The van der Waals surface area contributed by atoms with Gasteiger partial charge in [0, 0.05) is 60.2 Å². The van der Waals surface area contributed by atoms with Gasteiger partial charge in [-0.05, 0) is 105 Å². The van der Waals surface area contributed by atoms with Crippen molar-refractivity contribution < 1.29 is 19.1 Å². The first-order valence-electron chi connectivity index (χ1n) is 20.7. The van der Waals surface area contributed by atoms with Crippen molar-refractivity contribution in [1.29, 1.82) is 5.26 Å². The number of rotatable bonds is 9. The van der Waals surface area contributed by atoms with Gasteiger partial charge in [0.2, 0.25) is 5.91 Å². The van der Waals surface area contributed by atoms with Crippen LogP contribution >= 0.6 is 11.6 Å². The molecule has 1 aliphatic carbocycles. The van der Waals surface area contributed by atoms with Crippen molar-refractivity contribution in [2.45, 2.75) is 90.3 Å². The van der Waals surface area contributed by atoms with Crippen LogP contribution in [0.3, 0.4) is 0 Å². The zero-order valence-corrected chi connectivity index (χ0v) is 34.8. The molecular formula is C45H51ClN8O5. The van der Waals surface area contributed by atoms with Crippen LogP contribution in [-0.4, -0.2) is 82.5 Å². The van der Waals surface area contributed by atoms with E-state index in [0.29, 0.717) is 44.6 Å². The van der Waals surface area contributed by atoms with Gasteiger partial charge in [0.1, 0.15) is 29.5 Å². The number of nitrogens with one attached hydrogen (secondary N) is 2. The van der Waals surface area contributed by atoms with E-state index in [1.54, 1.807) is 18.2 Å². The van der Waals surface area contributed by atoms with Crippen molar-refractivity contribution in [3.63, 3.8) is 0 Å². The van der Waals surface area contributed by atoms with Gasteiger partial charge < -0.3 is 19.9 Å². The lowest BCUT2D eigenvalue weighted by Crippen LogP contribution is -2.74. The number of anilines is 1. The Morgan fingerprint density at radius 2 is 1.64 bits per heavy atom. The van der Waals surface area contributed by atoms with Crippen molar-refractivity contribution in [3.8, 4) is 11.8 Å². The Bertz CT molecular complexity index is 2360. The standard InChI is InChI=1S/C45H51ClN8O5/c1-44(2)42(45(3,4)43(44)59-33-11-9-31(25-47)35(46)24-33)49-39(56)30-7-5-28(6-8-30)29-17-19-52(20-18-29)26-27-15-21-53(22-16-27)32-10-12-36-34(23-32)41(58)54(51-50-36)37-13-14-38(55)48-40(37)57/h5-12,23-24,27,29,37,42-43H,13-22,26H2,1-4H3,(H,49,56)(H,48,55,57)/t37?,42-,43-. The number of hydrogen-bond acceptors (Lipinski definition) is 10. The maximum Gasteiger partial charge on any atom is 0.278 e. The highest BCUT2D eigenvalue weighted by molar-refractivity contribution is 6.31. The minimum atomic E-state index is -0.848. The van der Waals surface area contributed by atoms with Crippen molar-refractivity contribution in [2.24, 2.45) is 16.7 Å². The highest BCUT2D eigenvalue weighted by Gasteiger charge is 2.64. The summed E-state index contributed by atoms with van der Waals surface area (Å²) in [4.78, 5) is 55.9. The summed E-state index contributed by atoms with van der Waals surface area (Å²) < 4.78 is 7.50. The van der Waals surface area contributed by atoms with E-state index in [1.165, 1.54) is 5.56 Å². The van der Waals surface area contributed by atoms with Crippen LogP contribution in [0.4, 0.5) is 5.69 Å². The Morgan fingerprint density at radius 3 is 2.31 bits per heavy atom. The van der Waals surface area contributed by atoms with Crippen LogP contribution in [0.25, 0.3) is 10.9 Å². The number of amides is 3. The summed E-state index contributed by atoms with van der Waals surface area (Å²) in [7, 11) is 0. The third-order valence-corrected chi connectivity index (χ3v) is 13.6. The summed E-state index contributed by atoms with van der Waals surface area (Å²) in [6.07, 6.45) is 4.49. The minimum Gasteiger partial charge on any atom is -0.489 e. The predicted molar refractivity (Wildman–Crippen MR) is 224 cm³/mol. The molecule has 4 heterocycles. The molecule has 8 rings (SSSR count). The molecule has 3 aliphatic heterocycles. The van der Waals surface area contributed by atoms with Gasteiger partial charge in [-0.2, -0.15) is 9.94 Å². The smallest absolute Gasteiger partial charge is 0.278 e. The lowest BCUT2D eigenvalue weighted by atomic mass is 9.49. The number of ether oxygens (including phenoxy) is 1. The van der Waals surface area contributed by atoms with E-state index in [-0.39, 0.29) is 53.2 Å². The molecule has 1 saturated carbocycles. The first kappa shape index (κ1) is 40.5. The fraction of sp³-hybridized carbons (Fsp3) is 0.489. The topological polar surface area (TPSA) is 163 Å². The third kappa shape index (κ3) is 7.92. The molecule has 59 heavy (non-hydrogen) atoms. The number of halogens is 1. The van der Waals surface area contributed by atoms with Gasteiger partial charge in [-0.15, -0.1) is 5.10 Å². The van der Waals surface area contributed by atoms with Gasteiger partial charge in [-0.1, -0.05) is 56.6 Å². The molecule has 4 fully saturated rings. The molecule has 0 radical (unpaired) electrons. The molecule has 2 N–H and O–H groups in total. The largest absolute Gasteiger partial charge is 0.489 e. The van der Waals surface area contributed by atoms with Crippen molar-refractivity contribution >= 4 is 45.9 Å². The number of fused-ring (bicyclic) bond motifs is 1. The van der Waals surface area contributed by atoms with Crippen LogP contribution in [0.5, 0.6) is 5.75 Å². The minimum absolute atomic E-state index is 0.0913. The molecule has 1 aromatic heterocycles. The number of carbonyl (C=O) groups excluding carboxylic acids is 3. The van der Waals surface area contributed by atoms with Crippen LogP contribution in [0.15, 0.2) is 65.5 Å². The molecule has 4 aromatic rings. The monoisotopic (exact) mass is 818 g/mol. The lowest BCUT2D eigenvalue weighted by Gasteiger charge is -2.63. The van der Waals surface area contributed by atoms with E-state index in [2.05, 4.69) is 76.6 Å². The van der Waals surface area contributed by atoms with E-state index in [9.17, 15) is 24.4 Å². The fourth-order valence-corrected chi connectivity index (χ4v) is 10.5. The maximum absolute atomic E-state index is 13.5. The molecule has 0 spiro atoms. The molecule has 14 heteroatoms. The fourth-order valence-electron chi connectivity index (χ4n) is 10.3. The zero-order chi connectivity index (χ0) is 41.6. The Morgan fingerprint density at radius 1 is 0.932 bits per heavy atom. The number of nitrogens with zero attached hydrogens (tertiary/aromatic N) is 6. The van der Waals surface area contributed by atoms with E-state index >= 15 is 0 Å². The highest BCUT2D eigenvalue weighted by Crippen LogP contribution is 2.55. The molecule has 3 saturated heterocycles. The molecular weight excluding hydrogens is 768 g/mol. The number of benzene rings is 3. The second kappa shape index (κ2) is 16.0. The number of aromatic nitrogens is 3. The van der Waals surface area contributed by atoms with Crippen LogP contribution in [-0.2, 0) is 9.59 Å². The average Bonchev–Trinajstić information content (AvgIpc) is 3.23. The highest BCUT2D eigenvalue weighted by atomic mass is 35.5. The van der Waals surface area contributed by atoms with E-state index in [1.807, 2.05) is 30.3 Å². The third-order valence-electron chi connectivity index (χ3n) is 13.3. The number of carbonyl (C=O) groups is 3. The summed E-state index contributed by atoms with van der Waals surface area (Å²) in [6.45, 7) is 13.4. The average molecular weight is 819 g/mol. The first-order chi connectivity index (χ1) is 28.2. The normalized spacial score (nSPS) is 23.6. The molecule has 3 amide bonds. The number of likely N-dealkylation sites (tertiary alicyclic amines) is 1. The van der Waals surface area contributed by atoms with Gasteiger partial charge in [-0.25, -0.2) is 0 Å². The summed E-state index contributed by atoms with van der Waals surface area (Å²) >= 11 is 6.26. The van der Waals surface area contributed by atoms with Crippen LogP contribution < -0.4 is 25.8 Å². The summed E-state index contributed by atoms with van der Waals surface area (Å²) in [6, 6.07) is 20.0. The quantitative estimate of drug-likeness (QED) is 0.192. The van der Waals surface area contributed by atoms with Crippen LogP contribution in [0.2, 0.25) is 5.02 Å². The SMILES string of the molecule is CC1(C)[C@H](NC(=O)c2ccc(C3CCN(CC4CCN(c5ccc6nnn(C7CCC(=O)NC7=O)c(=O)c6c5)CC4)CC3)cc2)C(C)(C)[C@H]1Oc1ccc(C#N)c(Cl)c1. The predicted octanol–water partition coefficient (Wildman–Crippen LogP) is 6.00. The van der Waals surface area contributed by atoms with E-state index in [4.69, 9.17) is 16.3 Å². The van der Waals surface area contributed by atoms with Crippen LogP contribution in [0, 0.1) is 28.1 Å². The summed E-state index contributed by atoms with van der Waals surface area (Å²) in [5.41, 5.74) is 2.71. The van der Waals surface area contributed by atoms with Gasteiger partial charge in [0.15, 0.2) is 0 Å². The van der Waals surface area contributed by atoms with Gasteiger partial charge in [-0.3, -0.25) is 24.5 Å². The summed E-state index contributed by atoms with van der Waals surface area (Å²) in [5.74, 6) is 0.701. The number of imide groups is 1. The first-order valence-corrected chi connectivity index (χ1v) is 21.1. The van der Waals surface area contributed by atoms with Crippen molar-refractivity contribution in [1.82, 2.24) is 30.5 Å². The molecule has 1 atom stereocenters. The Labute approximate surface area is 349 Å². The number of hydrogen-bond donors (Lipinski definition) is 2. The molecule has 0 bridgehead atoms. The molecule has 308 valence electrons. The van der Waals surface area contributed by atoms with Crippen molar-refractivity contribution in [2.75, 3.05) is 37.6 Å². The number of piperidine rings is 3. The van der Waals surface area contributed by atoms with Gasteiger partial charge in [0.05, 0.1) is 16.0 Å². The lowest BCUT2D eigenvalue weighted by molar-refractivity contribution is -0.164. The maximum atomic E-state index is 13.5. The molecule has 1 unspecified atom stereocenters. The second-order valence-corrected chi connectivity index (χ2v) is 18.3. The molecule has 3 aromatic carbocycles. The van der Waals surface area contributed by atoms with Crippen molar-refractivity contribution in [3.05, 3.63) is 92.7 Å². The molecule has 13 nitrogen and oxygen atoms in total. The van der Waals surface area contributed by atoms with Crippen LogP contribution in [0.1, 0.15) is 99.7 Å². The van der Waals surface area contributed by atoms with E-state index in [0.717, 1.165) is 68.8 Å². The summed E-state index contributed by atoms with van der Waals surface area (Å²) in [5, 5.41) is 23.8.